The van der Waals surface area contributed by atoms with Crippen LogP contribution in [0.4, 0.5) is 11.4 Å². The van der Waals surface area contributed by atoms with Crippen LogP contribution in [-0.4, -0.2) is 43.0 Å². The Morgan fingerprint density at radius 2 is 1.69 bits per heavy atom. The molecule has 0 aliphatic carbocycles. The zero-order chi connectivity index (χ0) is 21.2. The van der Waals surface area contributed by atoms with Crippen molar-refractivity contribution >= 4 is 23.2 Å². The molecule has 6 heteroatoms. The van der Waals surface area contributed by atoms with Crippen molar-refractivity contribution in [3.05, 3.63) is 66.2 Å². The zero-order valence-electron chi connectivity index (χ0n) is 17.3. The van der Waals surface area contributed by atoms with Crippen molar-refractivity contribution in [1.82, 2.24) is 4.90 Å². The fourth-order valence-corrected chi connectivity index (χ4v) is 2.70. The first-order valence-electron chi connectivity index (χ1n) is 9.73. The van der Waals surface area contributed by atoms with E-state index in [4.69, 9.17) is 4.74 Å². The number of rotatable bonds is 10. The van der Waals surface area contributed by atoms with Crippen molar-refractivity contribution in [2.24, 2.45) is 0 Å². The van der Waals surface area contributed by atoms with E-state index in [0.717, 1.165) is 11.3 Å². The van der Waals surface area contributed by atoms with Crippen LogP contribution >= 0.6 is 0 Å². The van der Waals surface area contributed by atoms with E-state index in [1.54, 1.807) is 41.3 Å². The predicted molar refractivity (Wildman–Crippen MR) is 118 cm³/mol. The number of hydrogen-bond donors (Lipinski definition) is 2. The maximum atomic E-state index is 12.3. The first-order valence-corrected chi connectivity index (χ1v) is 9.73. The number of carbonyl (C=O) groups excluding carboxylic acids is 2. The van der Waals surface area contributed by atoms with Crippen LogP contribution in [0.25, 0.3) is 0 Å². The summed E-state index contributed by atoms with van der Waals surface area (Å²) in [5.41, 5.74) is 2.91. The lowest BCUT2D eigenvalue weighted by Gasteiger charge is -2.18. The van der Waals surface area contributed by atoms with E-state index in [1.807, 2.05) is 32.9 Å². The molecule has 0 radical (unpaired) electrons. The van der Waals surface area contributed by atoms with Gasteiger partial charge in [0.05, 0.1) is 12.2 Å². The third kappa shape index (κ3) is 6.68. The lowest BCUT2D eigenvalue weighted by Crippen LogP contribution is -2.30. The standard InChI is InChI=1S/C23H29N3O3/c1-5-26(6-2)23(28)18-11-13-19(14-12-18)24-15-22(27)25-20-9-7-8-10-21(20)29-16-17(3)4/h7-14,24H,3,5-6,15-16H2,1-2,4H3,(H,25,27). The summed E-state index contributed by atoms with van der Waals surface area (Å²) < 4.78 is 5.66. The number of nitrogens with zero attached hydrogens (tertiary/aromatic N) is 1. The first kappa shape index (κ1) is 22.0. The molecule has 29 heavy (non-hydrogen) atoms. The Bertz CT molecular complexity index is 843. The van der Waals surface area contributed by atoms with Gasteiger partial charge < -0.3 is 20.3 Å². The molecule has 0 saturated heterocycles. The quantitative estimate of drug-likeness (QED) is 0.592. The van der Waals surface area contributed by atoms with Gasteiger partial charge in [0, 0.05) is 24.3 Å². The molecular formula is C23H29N3O3. The lowest BCUT2D eigenvalue weighted by atomic mass is 10.1. The molecule has 6 nitrogen and oxygen atoms in total. The Morgan fingerprint density at radius 1 is 1.03 bits per heavy atom. The minimum atomic E-state index is -0.195. The molecule has 0 spiro atoms. The third-order valence-electron chi connectivity index (χ3n) is 4.27. The van der Waals surface area contributed by atoms with Gasteiger partial charge in [0.15, 0.2) is 0 Å². The minimum Gasteiger partial charge on any atom is -0.487 e. The van der Waals surface area contributed by atoms with Crippen LogP contribution < -0.4 is 15.4 Å². The highest BCUT2D eigenvalue weighted by Gasteiger charge is 2.12. The summed E-state index contributed by atoms with van der Waals surface area (Å²) in [7, 11) is 0. The summed E-state index contributed by atoms with van der Waals surface area (Å²) in [5.74, 6) is 0.411. The van der Waals surface area contributed by atoms with E-state index in [-0.39, 0.29) is 18.4 Å². The Balaban J connectivity index is 1.91. The summed E-state index contributed by atoms with van der Waals surface area (Å²) in [4.78, 5) is 26.4. The summed E-state index contributed by atoms with van der Waals surface area (Å²) in [6.45, 7) is 11.4. The largest absolute Gasteiger partial charge is 0.487 e. The average Bonchev–Trinajstić information content (AvgIpc) is 2.72. The molecule has 0 saturated carbocycles. The number of carbonyl (C=O) groups is 2. The second-order valence-corrected chi connectivity index (χ2v) is 6.70. The normalized spacial score (nSPS) is 10.2. The molecule has 0 atom stereocenters. The number of para-hydroxylation sites is 2. The molecule has 0 fully saturated rings. The fraction of sp³-hybridized carbons (Fsp3) is 0.304. The zero-order valence-corrected chi connectivity index (χ0v) is 17.3. The number of nitrogens with one attached hydrogen (secondary N) is 2. The highest BCUT2D eigenvalue weighted by Crippen LogP contribution is 2.24. The van der Waals surface area contributed by atoms with Crippen molar-refractivity contribution < 1.29 is 14.3 Å². The van der Waals surface area contributed by atoms with Crippen molar-refractivity contribution in [2.45, 2.75) is 20.8 Å². The van der Waals surface area contributed by atoms with Gasteiger partial charge in [0.2, 0.25) is 5.91 Å². The van der Waals surface area contributed by atoms with Gasteiger partial charge in [-0.1, -0.05) is 18.7 Å². The maximum Gasteiger partial charge on any atom is 0.253 e. The van der Waals surface area contributed by atoms with Crippen LogP contribution in [0.5, 0.6) is 5.75 Å². The number of ether oxygens (including phenoxy) is 1. The minimum absolute atomic E-state index is 0.00524. The molecule has 0 unspecified atom stereocenters. The molecule has 0 aliphatic heterocycles. The molecule has 2 aromatic rings. The van der Waals surface area contributed by atoms with Gasteiger partial charge in [-0.15, -0.1) is 0 Å². The van der Waals surface area contributed by atoms with E-state index in [0.29, 0.717) is 36.7 Å². The van der Waals surface area contributed by atoms with Crippen LogP contribution in [0.2, 0.25) is 0 Å². The SMILES string of the molecule is C=C(C)COc1ccccc1NC(=O)CNc1ccc(C(=O)N(CC)CC)cc1. The van der Waals surface area contributed by atoms with Crippen molar-refractivity contribution in [3.8, 4) is 5.75 Å². The van der Waals surface area contributed by atoms with Crippen molar-refractivity contribution in [1.29, 1.82) is 0 Å². The Labute approximate surface area is 172 Å². The summed E-state index contributed by atoms with van der Waals surface area (Å²) >= 11 is 0. The Kier molecular flexibility index (Phi) is 8.27. The molecular weight excluding hydrogens is 366 g/mol. The molecule has 0 heterocycles. The van der Waals surface area contributed by atoms with Crippen LogP contribution in [0, 0.1) is 0 Å². The lowest BCUT2D eigenvalue weighted by molar-refractivity contribution is -0.114. The number of amides is 2. The van der Waals surface area contributed by atoms with E-state index in [1.165, 1.54) is 0 Å². The van der Waals surface area contributed by atoms with Crippen LogP contribution in [0.15, 0.2) is 60.7 Å². The topological polar surface area (TPSA) is 70.7 Å². The summed E-state index contributed by atoms with van der Waals surface area (Å²) in [6.07, 6.45) is 0. The highest BCUT2D eigenvalue weighted by atomic mass is 16.5. The van der Waals surface area contributed by atoms with Gasteiger partial charge in [-0.2, -0.15) is 0 Å². The highest BCUT2D eigenvalue weighted by molar-refractivity contribution is 5.96. The van der Waals surface area contributed by atoms with Gasteiger partial charge in [-0.3, -0.25) is 9.59 Å². The molecule has 0 aromatic heterocycles. The summed E-state index contributed by atoms with van der Waals surface area (Å²) in [5, 5.41) is 5.91. The second kappa shape index (κ2) is 10.9. The predicted octanol–water partition coefficient (Wildman–Crippen LogP) is 4.17. The van der Waals surface area contributed by atoms with E-state index in [2.05, 4.69) is 17.2 Å². The van der Waals surface area contributed by atoms with Gasteiger partial charge in [-0.05, 0) is 62.7 Å². The van der Waals surface area contributed by atoms with Gasteiger partial charge in [0.25, 0.3) is 5.91 Å². The van der Waals surface area contributed by atoms with E-state index in [9.17, 15) is 9.59 Å². The molecule has 2 aromatic carbocycles. The van der Waals surface area contributed by atoms with Crippen LogP contribution in [0.3, 0.4) is 0 Å². The van der Waals surface area contributed by atoms with E-state index >= 15 is 0 Å². The van der Waals surface area contributed by atoms with Gasteiger partial charge in [0.1, 0.15) is 12.4 Å². The molecule has 2 rings (SSSR count). The first-order chi connectivity index (χ1) is 13.9. The molecule has 0 bridgehead atoms. The number of benzene rings is 2. The Hall–Kier alpha value is -3.28. The van der Waals surface area contributed by atoms with Crippen molar-refractivity contribution in [2.75, 3.05) is 36.9 Å². The molecule has 2 amide bonds. The smallest absolute Gasteiger partial charge is 0.253 e. The second-order valence-electron chi connectivity index (χ2n) is 6.70. The Morgan fingerprint density at radius 3 is 2.31 bits per heavy atom. The van der Waals surface area contributed by atoms with E-state index < -0.39 is 0 Å². The third-order valence-corrected chi connectivity index (χ3v) is 4.27. The molecule has 154 valence electrons. The van der Waals surface area contributed by atoms with Crippen molar-refractivity contribution in [3.63, 3.8) is 0 Å². The average molecular weight is 396 g/mol. The van der Waals surface area contributed by atoms with Gasteiger partial charge >= 0.3 is 0 Å². The van der Waals surface area contributed by atoms with Crippen LogP contribution in [0.1, 0.15) is 31.1 Å². The molecule has 2 N–H and O–H groups in total. The maximum absolute atomic E-state index is 12.3. The number of hydrogen-bond acceptors (Lipinski definition) is 4. The number of anilines is 2. The fourth-order valence-electron chi connectivity index (χ4n) is 2.70. The molecule has 0 aliphatic rings. The van der Waals surface area contributed by atoms with Crippen LogP contribution in [-0.2, 0) is 4.79 Å². The summed E-state index contributed by atoms with van der Waals surface area (Å²) in [6, 6.07) is 14.4. The van der Waals surface area contributed by atoms with Gasteiger partial charge in [-0.25, -0.2) is 0 Å². The monoisotopic (exact) mass is 395 g/mol.